The standard InChI is InChI=1S/C9H7BrFN/c1-3-6-4-7(10)8(11)5-9(6)12-2/h3-5H,1-2H2. The van der Waals surface area contributed by atoms with Crippen molar-refractivity contribution in [1.29, 1.82) is 0 Å². The predicted molar refractivity (Wildman–Crippen MR) is 53.4 cm³/mol. The monoisotopic (exact) mass is 227 g/mol. The molecule has 1 rings (SSSR count). The molecule has 1 nitrogen and oxygen atoms in total. The van der Waals surface area contributed by atoms with Crippen molar-refractivity contribution in [2.75, 3.05) is 0 Å². The number of aliphatic imine (C=N–C) groups is 1. The van der Waals surface area contributed by atoms with Crippen LogP contribution < -0.4 is 0 Å². The molecule has 1 aromatic carbocycles. The van der Waals surface area contributed by atoms with Crippen LogP contribution in [0.5, 0.6) is 0 Å². The topological polar surface area (TPSA) is 12.4 Å². The Bertz CT molecular complexity index is 301. The summed E-state index contributed by atoms with van der Waals surface area (Å²) >= 11 is 3.07. The number of hydrogen-bond donors (Lipinski definition) is 0. The lowest BCUT2D eigenvalue weighted by Gasteiger charge is -2.01. The first-order valence-corrected chi connectivity index (χ1v) is 4.06. The second-order valence-electron chi connectivity index (χ2n) is 2.19. The first kappa shape index (κ1) is 9.13. The molecule has 0 amide bonds. The van der Waals surface area contributed by atoms with Gasteiger partial charge in [-0.05, 0) is 28.7 Å². The van der Waals surface area contributed by atoms with E-state index in [0.29, 0.717) is 10.2 Å². The lowest BCUT2D eigenvalue weighted by atomic mass is 10.2. The van der Waals surface area contributed by atoms with Crippen LogP contribution >= 0.6 is 15.9 Å². The fraction of sp³-hybridized carbons (Fsp3) is 0. The third kappa shape index (κ3) is 1.61. The summed E-state index contributed by atoms with van der Waals surface area (Å²) in [6, 6.07) is 2.93. The zero-order chi connectivity index (χ0) is 9.14. The van der Waals surface area contributed by atoms with Gasteiger partial charge in [0.15, 0.2) is 0 Å². The molecule has 0 heterocycles. The van der Waals surface area contributed by atoms with Crippen LogP contribution in [0.4, 0.5) is 10.1 Å². The van der Waals surface area contributed by atoms with Crippen molar-refractivity contribution in [1.82, 2.24) is 0 Å². The third-order valence-electron chi connectivity index (χ3n) is 1.46. The molecule has 0 aromatic heterocycles. The molecule has 0 spiro atoms. The SMILES string of the molecule is C=Cc1cc(Br)c(F)cc1N=C. The van der Waals surface area contributed by atoms with Gasteiger partial charge in [-0.25, -0.2) is 4.39 Å². The molecule has 1 aromatic rings. The highest BCUT2D eigenvalue weighted by Crippen LogP contribution is 2.26. The van der Waals surface area contributed by atoms with Gasteiger partial charge in [0.25, 0.3) is 0 Å². The average Bonchev–Trinajstić information content (AvgIpc) is 2.09. The lowest BCUT2D eigenvalue weighted by Crippen LogP contribution is -1.80. The summed E-state index contributed by atoms with van der Waals surface area (Å²) in [5.74, 6) is -0.344. The van der Waals surface area contributed by atoms with E-state index in [2.05, 4.69) is 34.2 Å². The Morgan fingerprint density at radius 3 is 2.67 bits per heavy atom. The number of halogens is 2. The highest BCUT2D eigenvalue weighted by atomic mass is 79.9. The van der Waals surface area contributed by atoms with Crippen LogP contribution in [-0.2, 0) is 0 Å². The molecule has 0 aliphatic rings. The van der Waals surface area contributed by atoms with Gasteiger partial charge in [0.1, 0.15) is 5.82 Å². The molecular formula is C9H7BrFN. The van der Waals surface area contributed by atoms with Crippen LogP contribution in [0.3, 0.4) is 0 Å². The molecule has 0 aliphatic heterocycles. The van der Waals surface area contributed by atoms with Crippen LogP contribution in [0, 0.1) is 5.82 Å². The first-order chi connectivity index (χ1) is 5.69. The first-order valence-electron chi connectivity index (χ1n) is 3.27. The van der Waals surface area contributed by atoms with E-state index in [4.69, 9.17) is 0 Å². The average molecular weight is 228 g/mol. The minimum Gasteiger partial charge on any atom is -0.264 e. The summed E-state index contributed by atoms with van der Waals surface area (Å²) in [4.78, 5) is 3.66. The molecule has 0 N–H and O–H groups in total. The molecule has 0 radical (unpaired) electrons. The second kappa shape index (κ2) is 3.63. The van der Waals surface area contributed by atoms with E-state index in [1.165, 1.54) is 6.07 Å². The Morgan fingerprint density at radius 1 is 1.50 bits per heavy atom. The van der Waals surface area contributed by atoms with Gasteiger partial charge >= 0.3 is 0 Å². The summed E-state index contributed by atoms with van der Waals surface area (Å²) in [5.41, 5.74) is 1.27. The zero-order valence-corrected chi connectivity index (χ0v) is 7.94. The van der Waals surface area contributed by atoms with E-state index in [1.54, 1.807) is 12.1 Å². The van der Waals surface area contributed by atoms with E-state index < -0.39 is 0 Å². The van der Waals surface area contributed by atoms with Crippen LogP contribution in [-0.4, -0.2) is 6.72 Å². The fourth-order valence-corrected chi connectivity index (χ4v) is 1.21. The number of hydrogen-bond acceptors (Lipinski definition) is 1. The van der Waals surface area contributed by atoms with Gasteiger partial charge in [-0.3, -0.25) is 4.99 Å². The molecule has 0 atom stereocenters. The largest absolute Gasteiger partial charge is 0.264 e. The predicted octanol–water partition coefficient (Wildman–Crippen LogP) is 3.56. The summed E-state index contributed by atoms with van der Waals surface area (Å²) in [5, 5.41) is 0. The normalized spacial score (nSPS) is 9.50. The summed E-state index contributed by atoms with van der Waals surface area (Å²) < 4.78 is 13.3. The summed E-state index contributed by atoms with van der Waals surface area (Å²) in [7, 11) is 0. The Labute approximate surface area is 78.8 Å². The Hall–Kier alpha value is -0.960. The van der Waals surface area contributed by atoms with Crippen LogP contribution in [0.2, 0.25) is 0 Å². The molecule has 0 aliphatic carbocycles. The minimum atomic E-state index is -0.344. The van der Waals surface area contributed by atoms with E-state index in [0.717, 1.165) is 5.56 Å². The van der Waals surface area contributed by atoms with E-state index >= 15 is 0 Å². The molecule has 0 saturated heterocycles. The molecule has 62 valence electrons. The fourth-order valence-electron chi connectivity index (χ4n) is 0.852. The van der Waals surface area contributed by atoms with Gasteiger partial charge in [0.2, 0.25) is 0 Å². The maximum absolute atomic E-state index is 12.9. The van der Waals surface area contributed by atoms with Crippen molar-refractivity contribution in [2.24, 2.45) is 4.99 Å². The smallest absolute Gasteiger partial charge is 0.139 e. The van der Waals surface area contributed by atoms with Gasteiger partial charge in [-0.2, -0.15) is 0 Å². The Kier molecular flexibility index (Phi) is 2.76. The van der Waals surface area contributed by atoms with Crippen molar-refractivity contribution in [3.05, 3.63) is 34.6 Å². The van der Waals surface area contributed by atoms with Crippen molar-refractivity contribution in [3.63, 3.8) is 0 Å². The van der Waals surface area contributed by atoms with Crippen molar-refractivity contribution in [2.45, 2.75) is 0 Å². The van der Waals surface area contributed by atoms with Crippen molar-refractivity contribution >= 4 is 34.4 Å². The van der Waals surface area contributed by atoms with Gasteiger partial charge in [0.05, 0.1) is 10.2 Å². The van der Waals surface area contributed by atoms with Crippen LogP contribution in [0.15, 0.2) is 28.2 Å². The number of benzene rings is 1. The van der Waals surface area contributed by atoms with Gasteiger partial charge in [0, 0.05) is 11.6 Å². The quantitative estimate of drug-likeness (QED) is 0.686. The molecule has 0 saturated carbocycles. The molecule has 12 heavy (non-hydrogen) atoms. The summed E-state index contributed by atoms with van der Waals surface area (Å²) in [6.07, 6.45) is 1.61. The van der Waals surface area contributed by atoms with E-state index in [1.807, 2.05) is 0 Å². The van der Waals surface area contributed by atoms with Crippen molar-refractivity contribution in [3.8, 4) is 0 Å². The summed E-state index contributed by atoms with van der Waals surface area (Å²) in [6.45, 7) is 6.91. The lowest BCUT2D eigenvalue weighted by molar-refractivity contribution is 0.621. The number of rotatable bonds is 2. The van der Waals surface area contributed by atoms with Gasteiger partial charge in [-0.1, -0.05) is 12.7 Å². The van der Waals surface area contributed by atoms with E-state index in [9.17, 15) is 4.39 Å². The highest BCUT2D eigenvalue weighted by Gasteiger charge is 2.03. The zero-order valence-electron chi connectivity index (χ0n) is 6.35. The Balaban J connectivity index is 3.37. The van der Waals surface area contributed by atoms with Gasteiger partial charge < -0.3 is 0 Å². The molecular weight excluding hydrogens is 221 g/mol. The van der Waals surface area contributed by atoms with Crippen LogP contribution in [0.1, 0.15) is 5.56 Å². The van der Waals surface area contributed by atoms with Crippen molar-refractivity contribution < 1.29 is 4.39 Å². The molecule has 3 heteroatoms. The van der Waals surface area contributed by atoms with Crippen LogP contribution in [0.25, 0.3) is 6.08 Å². The second-order valence-corrected chi connectivity index (χ2v) is 3.04. The number of nitrogens with zero attached hydrogens (tertiary/aromatic N) is 1. The van der Waals surface area contributed by atoms with E-state index in [-0.39, 0.29) is 5.82 Å². The maximum Gasteiger partial charge on any atom is 0.139 e. The highest BCUT2D eigenvalue weighted by molar-refractivity contribution is 9.10. The Morgan fingerprint density at radius 2 is 2.17 bits per heavy atom. The molecule has 0 unspecified atom stereocenters. The third-order valence-corrected chi connectivity index (χ3v) is 2.07. The molecule has 0 fully saturated rings. The molecule has 0 bridgehead atoms. The minimum absolute atomic E-state index is 0.344. The van der Waals surface area contributed by atoms with Gasteiger partial charge in [-0.15, -0.1) is 0 Å². The maximum atomic E-state index is 12.9.